The molecule has 2 N–H and O–H groups in total. The topological polar surface area (TPSA) is 109 Å². The molecule has 164 valence electrons. The molecule has 0 radical (unpaired) electrons. The number of hydrogen-bond donors (Lipinski definition) is 2. The van der Waals surface area contributed by atoms with Crippen molar-refractivity contribution in [2.24, 2.45) is 6.98 Å². The van der Waals surface area contributed by atoms with E-state index in [4.69, 9.17) is 19.8 Å². The molecule has 4 rings (SSSR count). The summed E-state index contributed by atoms with van der Waals surface area (Å²) in [4.78, 5) is 21.5. The van der Waals surface area contributed by atoms with Gasteiger partial charge in [0.1, 0.15) is 16.8 Å². The van der Waals surface area contributed by atoms with Crippen molar-refractivity contribution < 1.29 is 25.8 Å². The lowest BCUT2D eigenvalue weighted by molar-refractivity contribution is -0.120. The van der Waals surface area contributed by atoms with Gasteiger partial charge in [-0.15, -0.1) is 11.3 Å². The smallest absolute Gasteiger partial charge is 0.280 e. The Morgan fingerprint density at radius 2 is 2.32 bits per heavy atom. The van der Waals surface area contributed by atoms with E-state index in [1.165, 1.54) is 12.4 Å². The number of aryl methyl sites for hydroxylation is 1. The zero-order chi connectivity index (χ0) is 27.6. The van der Waals surface area contributed by atoms with Gasteiger partial charge in [-0.25, -0.2) is 14.4 Å². The molecule has 3 atom stereocenters. The van der Waals surface area contributed by atoms with Gasteiger partial charge in [0.15, 0.2) is 0 Å². The lowest BCUT2D eigenvalue weighted by Gasteiger charge is -2.35. The van der Waals surface area contributed by atoms with E-state index in [0.29, 0.717) is 4.31 Å². The molecule has 0 spiro atoms. The number of benzene rings is 1. The Balaban J connectivity index is 1.72. The van der Waals surface area contributed by atoms with Crippen LogP contribution in [-0.4, -0.2) is 46.2 Å². The molecule has 1 aromatic carbocycles. The van der Waals surface area contributed by atoms with E-state index < -0.39 is 47.3 Å². The molecule has 1 aliphatic heterocycles. The predicted octanol–water partition coefficient (Wildman–Crippen LogP) is 2.55. The number of aromatic nitrogens is 3. The number of carbonyl (C=O) groups is 1. The molecule has 3 heterocycles. The van der Waals surface area contributed by atoms with Crippen LogP contribution in [0.4, 0.5) is 10.1 Å². The summed E-state index contributed by atoms with van der Waals surface area (Å²) in [6, 6.07) is -2.33. The maximum Gasteiger partial charge on any atom is 0.280 e. The fraction of sp³-hybridized carbons (Fsp3) is 0.278. The van der Waals surface area contributed by atoms with Gasteiger partial charge in [-0.1, -0.05) is 11.6 Å². The number of thiazole rings is 1. The SMILES string of the molecule is [2H]C1[C@]([2H])(C(=O)Nc2ccc(F)c(Cl)c2)N(C)S(=O)(=O)N[C@]1([2H])c1ncc(-c2cn(C([2H])([2H])[2H])cn2)s1. The quantitative estimate of drug-likeness (QED) is 0.584. The van der Waals surface area contributed by atoms with Crippen LogP contribution in [-0.2, 0) is 22.0 Å². The van der Waals surface area contributed by atoms with Crippen LogP contribution in [0.5, 0.6) is 0 Å². The van der Waals surface area contributed by atoms with Crippen LogP contribution in [0.1, 0.15) is 25.6 Å². The zero-order valence-electron chi connectivity index (χ0n) is 21.6. The van der Waals surface area contributed by atoms with Gasteiger partial charge in [0, 0.05) is 37.6 Å². The molecule has 1 fully saturated rings. The van der Waals surface area contributed by atoms with Gasteiger partial charge in [-0.05, 0) is 24.6 Å². The lowest BCUT2D eigenvalue weighted by atomic mass is 10.1. The molecule has 13 heteroatoms. The second-order valence-electron chi connectivity index (χ2n) is 6.30. The van der Waals surface area contributed by atoms with Gasteiger partial charge >= 0.3 is 0 Å². The van der Waals surface area contributed by atoms with Gasteiger partial charge in [0.2, 0.25) is 5.91 Å². The highest BCUT2D eigenvalue weighted by atomic mass is 35.5. The third-order valence-electron chi connectivity index (χ3n) is 4.20. The Labute approximate surface area is 195 Å². The fourth-order valence-corrected chi connectivity index (χ4v) is 4.70. The summed E-state index contributed by atoms with van der Waals surface area (Å²) in [5.74, 6) is -2.05. The summed E-state index contributed by atoms with van der Waals surface area (Å²) >= 11 is 6.47. The van der Waals surface area contributed by atoms with E-state index >= 15 is 0 Å². The maximum absolute atomic E-state index is 13.5. The van der Waals surface area contributed by atoms with Crippen LogP contribution >= 0.6 is 22.9 Å². The van der Waals surface area contributed by atoms with Crippen molar-refractivity contribution in [3.8, 4) is 10.6 Å². The lowest BCUT2D eigenvalue weighted by Crippen LogP contribution is -2.55. The minimum absolute atomic E-state index is 0.0588. The second kappa shape index (κ2) is 8.28. The number of nitrogens with zero attached hydrogens (tertiary/aromatic N) is 4. The van der Waals surface area contributed by atoms with Crippen molar-refractivity contribution in [3.63, 3.8) is 0 Å². The van der Waals surface area contributed by atoms with Crippen molar-refractivity contribution in [1.29, 1.82) is 0 Å². The third kappa shape index (κ3) is 4.48. The highest BCUT2D eigenvalue weighted by molar-refractivity contribution is 7.87. The standard InChI is InChI=1S/C18H18ClFN6O3S2/c1-25-8-14(22-9-25)16-7-21-18(30-16)13-6-15(26(2)31(28,29)24-13)17(27)23-10-3-4-12(20)11(19)5-10/h3-5,7-9,13,15,24H,6H2,1-2H3,(H,23,27)/t13-,15+/m0/s1/i1D3,6D,13D,15D/t6?,13-,15+. The molecular weight excluding hydrogens is 467 g/mol. The fourth-order valence-electron chi connectivity index (χ4n) is 2.64. The van der Waals surface area contributed by atoms with Crippen LogP contribution in [0.3, 0.4) is 0 Å². The predicted molar refractivity (Wildman–Crippen MR) is 115 cm³/mol. The van der Waals surface area contributed by atoms with Crippen LogP contribution in [0, 0.1) is 5.82 Å². The van der Waals surface area contributed by atoms with Crippen molar-refractivity contribution >= 4 is 44.7 Å². The second-order valence-corrected chi connectivity index (χ2v) is 9.44. The molecule has 1 aliphatic rings. The zero-order valence-corrected chi connectivity index (χ0v) is 18.0. The minimum atomic E-state index is -4.67. The molecule has 9 nitrogen and oxygen atoms in total. The summed E-state index contributed by atoms with van der Waals surface area (Å²) in [7, 11) is -3.76. The van der Waals surface area contributed by atoms with Crippen molar-refractivity contribution in [1.82, 2.24) is 23.6 Å². The van der Waals surface area contributed by atoms with E-state index in [1.54, 1.807) is 0 Å². The first-order chi connectivity index (χ1) is 17.0. The van der Waals surface area contributed by atoms with E-state index in [1.807, 2.05) is 4.72 Å². The number of likely N-dealkylation sites (N-methyl/N-ethyl adjacent to an activating group) is 1. The van der Waals surface area contributed by atoms with Crippen LogP contribution < -0.4 is 10.0 Å². The molecule has 1 unspecified atom stereocenters. The Kier molecular flexibility index (Phi) is 4.12. The number of halogens is 2. The van der Waals surface area contributed by atoms with Crippen LogP contribution in [0.15, 0.2) is 36.9 Å². The molecule has 3 aromatic rings. The van der Waals surface area contributed by atoms with Gasteiger partial charge in [0.05, 0.1) is 30.7 Å². The summed E-state index contributed by atoms with van der Waals surface area (Å²) in [6.07, 6.45) is 1.41. The highest BCUT2D eigenvalue weighted by Crippen LogP contribution is 2.34. The van der Waals surface area contributed by atoms with E-state index in [9.17, 15) is 17.6 Å². The number of hydrogen-bond acceptors (Lipinski definition) is 6. The molecule has 31 heavy (non-hydrogen) atoms. The van der Waals surface area contributed by atoms with Gasteiger partial charge in [-0.2, -0.15) is 17.4 Å². The summed E-state index contributed by atoms with van der Waals surface area (Å²) in [6.45, 7) is -2.49. The Morgan fingerprint density at radius 1 is 1.52 bits per heavy atom. The number of anilines is 1. The van der Waals surface area contributed by atoms with Crippen molar-refractivity contribution in [3.05, 3.63) is 52.8 Å². The molecule has 1 saturated heterocycles. The third-order valence-corrected chi connectivity index (χ3v) is 6.94. The molecule has 0 saturated carbocycles. The molecular formula is C18H18ClFN6O3S2. The van der Waals surface area contributed by atoms with Crippen molar-refractivity contribution in [2.75, 3.05) is 12.4 Å². The average Bonchev–Trinajstić information content (AvgIpc) is 3.48. The molecule has 1 amide bonds. The Hall–Kier alpha value is -2.38. The highest BCUT2D eigenvalue weighted by Gasteiger charge is 2.41. The van der Waals surface area contributed by atoms with Gasteiger partial charge in [-0.3, -0.25) is 4.79 Å². The van der Waals surface area contributed by atoms with Gasteiger partial charge < -0.3 is 9.88 Å². The molecule has 0 aliphatic carbocycles. The van der Waals surface area contributed by atoms with Gasteiger partial charge in [0.25, 0.3) is 10.2 Å². The van der Waals surface area contributed by atoms with Crippen LogP contribution in [0.25, 0.3) is 10.6 Å². The first-order valence-electron chi connectivity index (χ1n) is 11.6. The largest absolute Gasteiger partial charge is 0.340 e. The van der Waals surface area contributed by atoms with E-state index in [2.05, 4.69) is 15.3 Å². The minimum Gasteiger partial charge on any atom is -0.340 e. The molecule has 0 bridgehead atoms. The first kappa shape index (κ1) is 15.4. The monoisotopic (exact) mass is 490 g/mol. The summed E-state index contributed by atoms with van der Waals surface area (Å²) < 4.78 is 91.2. The maximum atomic E-state index is 13.5. The number of amides is 1. The Bertz CT molecular complexity index is 1490. The van der Waals surface area contributed by atoms with E-state index in [-0.39, 0.29) is 26.3 Å². The van der Waals surface area contributed by atoms with Crippen LogP contribution in [0.2, 0.25) is 5.02 Å². The van der Waals surface area contributed by atoms with E-state index in [0.717, 1.165) is 47.5 Å². The molecule has 2 aromatic heterocycles. The number of carbonyl (C=O) groups excluding carboxylic acids is 1. The Morgan fingerprint density at radius 3 is 3.03 bits per heavy atom. The summed E-state index contributed by atoms with van der Waals surface area (Å²) in [5, 5.41) is 1.64. The average molecular weight is 491 g/mol. The number of imidazole rings is 1. The van der Waals surface area contributed by atoms with Crippen molar-refractivity contribution in [2.45, 2.75) is 18.4 Å². The normalized spacial score (nSPS) is 31.5. The number of nitrogens with one attached hydrogen (secondary N) is 2. The number of rotatable bonds is 4. The first-order valence-corrected chi connectivity index (χ1v) is 11.1. The summed E-state index contributed by atoms with van der Waals surface area (Å²) in [5.41, 5.74) is 0.111.